The van der Waals surface area contributed by atoms with Gasteiger partial charge in [0, 0.05) is 29.5 Å². The molecule has 1 aliphatic heterocycles. The van der Waals surface area contributed by atoms with E-state index in [0.29, 0.717) is 42.7 Å². The standard InChI is InChI=1S/C30H29F10NO3S/c1-44-25(43)20-7-5-19(6-8-20)24(42)41-14-13-26(17-41,45-23-4-2-3-18(15-23)16-27(31,32)33)21-9-11-22(12-10-21)28(34,29(35,36)37)30(38,39)40/h2-4,9-12,15,19-20H,5-8,13-14,16-17H2,1H3. The summed E-state index contributed by atoms with van der Waals surface area (Å²) in [7, 11) is 1.27. The van der Waals surface area contributed by atoms with Crippen LogP contribution in [0.4, 0.5) is 43.9 Å². The van der Waals surface area contributed by atoms with E-state index >= 15 is 0 Å². The van der Waals surface area contributed by atoms with Gasteiger partial charge in [0.15, 0.2) is 0 Å². The Hall–Kier alpha value is -2.97. The molecular weight excluding hydrogens is 644 g/mol. The topological polar surface area (TPSA) is 46.6 Å². The van der Waals surface area contributed by atoms with E-state index in [2.05, 4.69) is 0 Å². The third-order valence-corrected chi connectivity index (χ3v) is 9.81. The number of ether oxygens (including phenoxy) is 1. The number of esters is 1. The SMILES string of the molecule is COC(=O)C1CCC(C(=O)N2CCC(Sc3cccc(CC(F)(F)F)c3)(c3ccc(C(F)(C(F)(F)F)C(F)(F)F)cc3)C2)CC1. The lowest BCUT2D eigenvalue weighted by molar-refractivity contribution is -0.348. The Morgan fingerprint density at radius 3 is 1.98 bits per heavy atom. The molecule has 2 aromatic rings. The van der Waals surface area contributed by atoms with Gasteiger partial charge in [-0.25, -0.2) is 4.39 Å². The average Bonchev–Trinajstić information content (AvgIpc) is 3.39. The Kier molecular flexibility index (Phi) is 9.83. The smallest absolute Gasteiger partial charge is 0.435 e. The van der Waals surface area contributed by atoms with Crippen LogP contribution in [0.3, 0.4) is 0 Å². The van der Waals surface area contributed by atoms with E-state index in [0.717, 1.165) is 23.9 Å². The molecule has 0 bridgehead atoms. The second-order valence-corrected chi connectivity index (χ2v) is 12.8. The zero-order valence-corrected chi connectivity index (χ0v) is 24.6. The van der Waals surface area contributed by atoms with E-state index in [4.69, 9.17) is 4.74 Å². The molecule has 2 aliphatic rings. The van der Waals surface area contributed by atoms with Crippen molar-refractivity contribution < 1.29 is 58.2 Å². The number of halogens is 10. The van der Waals surface area contributed by atoms with Gasteiger partial charge in [-0.1, -0.05) is 36.4 Å². The first-order valence-corrected chi connectivity index (χ1v) is 14.8. The zero-order chi connectivity index (χ0) is 33.4. The largest absolute Gasteiger partial charge is 0.469 e. The van der Waals surface area contributed by atoms with Crippen LogP contribution in [-0.4, -0.2) is 55.5 Å². The van der Waals surface area contributed by atoms with Crippen LogP contribution in [0.25, 0.3) is 0 Å². The minimum atomic E-state index is -6.30. The number of thioether (sulfide) groups is 1. The molecule has 1 saturated heterocycles. The number of rotatable bonds is 7. The molecule has 0 radical (unpaired) electrons. The van der Waals surface area contributed by atoms with Crippen LogP contribution < -0.4 is 0 Å². The average molecular weight is 674 g/mol. The van der Waals surface area contributed by atoms with Crippen LogP contribution in [0, 0.1) is 11.8 Å². The predicted octanol–water partition coefficient (Wildman–Crippen LogP) is 8.28. The molecule has 1 saturated carbocycles. The van der Waals surface area contributed by atoms with Gasteiger partial charge in [0.05, 0.1) is 24.2 Å². The van der Waals surface area contributed by atoms with Crippen molar-refractivity contribution in [3.63, 3.8) is 0 Å². The Morgan fingerprint density at radius 2 is 1.44 bits per heavy atom. The lowest BCUT2D eigenvalue weighted by atomic mass is 9.81. The zero-order valence-electron chi connectivity index (χ0n) is 23.8. The molecule has 0 N–H and O–H groups in total. The summed E-state index contributed by atoms with van der Waals surface area (Å²) in [6.45, 7) is 0.0838. The Morgan fingerprint density at radius 1 is 0.867 bits per heavy atom. The van der Waals surface area contributed by atoms with Gasteiger partial charge in [0.2, 0.25) is 5.91 Å². The monoisotopic (exact) mass is 673 g/mol. The van der Waals surface area contributed by atoms with Crippen molar-refractivity contribution in [2.75, 3.05) is 20.2 Å². The number of methoxy groups -OCH3 is 1. The van der Waals surface area contributed by atoms with Gasteiger partial charge in [0.1, 0.15) is 0 Å². The second-order valence-electron chi connectivity index (χ2n) is 11.3. The summed E-state index contributed by atoms with van der Waals surface area (Å²) in [5.41, 5.74) is -7.20. The molecule has 1 aliphatic carbocycles. The lowest BCUT2D eigenvalue weighted by Gasteiger charge is -2.33. The maximum atomic E-state index is 14.7. The van der Waals surface area contributed by atoms with Crippen LogP contribution >= 0.6 is 11.8 Å². The fourth-order valence-corrected chi connectivity index (χ4v) is 7.49. The third-order valence-electron chi connectivity index (χ3n) is 8.36. The van der Waals surface area contributed by atoms with Crippen LogP contribution in [-0.2, 0) is 31.2 Å². The van der Waals surface area contributed by atoms with Gasteiger partial charge in [-0.2, -0.15) is 39.5 Å². The molecule has 45 heavy (non-hydrogen) atoms. The predicted molar refractivity (Wildman–Crippen MR) is 144 cm³/mol. The molecule has 0 spiro atoms. The van der Waals surface area contributed by atoms with Crippen LogP contribution in [0.15, 0.2) is 53.4 Å². The minimum Gasteiger partial charge on any atom is -0.469 e. The fourth-order valence-electron chi connectivity index (χ4n) is 6.02. The van der Waals surface area contributed by atoms with Gasteiger partial charge < -0.3 is 9.64 Å². The van der Waals surface area contributed by atoms with Crippen molar-refractivity contribution in [1.82, 2.24) is 4.90 Å². The minimum absolute atomic E-state index is 0.0599. The van der Waals surface area contributed by atoms with E-state index in [1.54, 1.807) is 0 Å². The van der Waals surface area contributed by atoms with Crippen molar-refractivity contribution >= 4 is 23.6 Å². The number of carbonyl (C=O) groups excluding carboxylic acids is 2. The third kappa shape index (κ3) is 7.38. The molecule has 1 amide bonds. The van der Waals surface area contributed by atoms with Crippen molar-refractivity contribution in [3.05, 3.63) is 65.2 Å². The highest BCUT2D eigenvalue weighted by Crippen LogP contribution is 2.54. The number of benzene rings is 2. The molecule has 4 nitrogen and oxygen atoms in total. The second kappa shape index (κ2) is 12.7. The molecule has 1 unspecified atom stereocenters. The Labute approximate surface area is 256 Å². The highest BCUT2D eigenvalue weighted by molar-refractivity contribution is 8.00. The molecule has 2 fully saturated rings. The van der Waals surface area contributed by atoms with E-state index in [9.17, 15) is 53.5 Å². The van der Waals surface area contributed by atoms with Crippen LogP contribution in [0.2, 0.25) is 0 Å². The summed E-state index contributed by atoms with van der Waals surface area (Å²) in [4.78, 5) is 27.2. The summed E-state index contributed by atoms with van der Waals surface area (Å²) in [5.74, 6) is -1.40. The number of carbonyl (C=O) groups is 2. The van der Waals surface area contributed by atoms with Crippen LogP contribution in [0.1, 0.15) is 48.8 Å². The van der Waals surface area contributed by atoms with Crippen LogP contribution in [0.5, 0.6) is 0 Å². The molecule has 1 heterocycles. The number of amides is 1. The number of nitrogens with zero attached hydrogens (tertiary/aromatic N) is 1. The van der Waals surface area contributed by atoms with E-state index < -0.39 is 46.8 Å². The van der Waals surface area contributed by atoms with E-state index in [1.165, 1.54) is 36.3 Å². The number of hydrogen-bond acceptors (Lipinski definition) is 4. The molecular formula is C30H29F10NO3S. The van der Waals surface area contributed by atoms with Gasteiger partial charge >= 0.3 is 30.2 Å². The number of alkyl halides is 10. The van der Waals surface area contributed by atoms with Crippen molar-refractivity contribution in [3.8, 4) is 0 Å². The first-order chi connectivity index (χ1) is 20.8. The molecule has 4 rings (SSSR count). The summed E-state index contributed by atoms with van der Waals surface area (Å²) in [6.07, 6.45) is -16.5. The highest BCUT2D eigenvalue weighted by atomic mass is 32.2. The quantitative estimate of drug-likeness (QED) is 0.219. The first kappa shape index (κ1) is 34.9. The van der Waals surface area contributed by atoms with E-state index in [1.807, 2.05) is 0 Å². The molecule has 1 atom stereocenters. The van der Waals surface area contributed by atoms with Crippen molar-refractivity contribution in [1.29, 1.82) is 0 Å². The van der Waals surface area contributed by atoms with Gasteiger partial charge in [-0.15, -0.1) is 11.8 Å². The van der Waals surface area contributed by atoms with Crippen molar-refractivity contribution in [2.24, 2.45) is 11.8 Å². The van der Waals surface area contributed by atoms with E-state index in [-0.39, 0.29) is 48.4 Å². The lowest BCUT2D eigenvalue weighted by Crippen LogP contribution is -2.50. The normalized spacial score (nSPS) is 23.2. The van der Waals surface area contributed by atoms with Gasteiger partial charge in [-0.05, 0) is 55.4 Å². The number of hydrogen-bond donors (Lipinski definition) is 0. The maximum absolute atomic E-state index is 14.7. The Bertz CT molecular complexity index is 1350. The Balaban J connectivity index is 1.66. The van der Waals surface area contributed by atoms with Gasteiger partial charge in [-0.3, -0.25) is 9.59 Å². The molecule has 248 valence electrons. The molecule has 0 aromatic heterocycles. The maximum Gasteiger partial charge on any atom is 0.435 e. The van der Waals surface area contributed by atoms with Crippen molar-refractivity contribution in [2.45, 2.75) is 72.4 Å². The first-order valence-electron chi connectivity index (χ1n) is 13.9. The summed E-state index contributed by atoms with van der Waals surface area (Å²) >= 11 is 1.03. The fraction of sp³-hybridized carbons (Fsp3) is 0.533. The molecule has 15 heteroatoms. The summed E-state index contributed by atoms with van der Waals surface area (Å²) < 4.78 is 138. The number of likely N-dealkylation sites (tertiary alicyclic amines) is 1. The highest BCUT2D eigenvalue weighted by Gasteiger charge is 2.73. The summed E-state index contributed by atoms with van der Waals surface area (Å²) in [6, 6.07) is 8.12. The summed E-state index contributed by atoms with van der Waals surface area (Å²) in [5, 5.41) is 0. The molecule has 2 aromatic carbocycles. The van der Waals surface area contributed by atoms with Gasteiger partial charge in [0.25, 0.3) is 0 Å².